The number of nitrogens with one attached hydrogen (secondary N) is 2. The molecule has 4 aliphatic heterocycles. The van der Waals surface area contributed by atoms with E-state index < -0.39 is 0 Å². The minimum Gasteiger partial charge on any atom is -0.469 e. The average Bonchev–Trinajstić information content (AvgIpc) is 3.38. The van der Waals surface area contributed by atoms with Gasteiger partial charge < -0.3 is 19.8 Å². The van der Waals surface area contributed by atoms with E-state index in [1.54, 1.807) is 6.26 Å². The second-order valence-corrected chi connectivity index (χ2v) is 7.45. The van der Waals surface area contributed by atoms with Gasteiger partial charge in [0.25, 0.3) is 0 Å². The third-order valence-electron chi connectivity index (χ3n) is 5.62. The van der Waals surface area contributed by atoms with Crippen LogP contribution in [0.5, 0.6) is 0 Å². The van der Waals surface area contributed by atoms with E-state index in [2.05, 4.69) is 20.4 Å². The maximum atomic E-state index is 5.73. The molecule has 0 saturated carbocycles. The Morgan fingerprint density at radius 2 is 2.15 bits per heavy atom. The van der Waals surface area contributed by atoms with E-state index in [1.807, 2.05) is 12.1 Å². The van der Waals surface area contributed by atoms with Crippen LogP contribution < -0.4 is 10.6 Å². The van der Waals surface area contributed by atoms with Crippen LogP contribution in [-0.2, 0) is 11.2 Å². The first-order chi connectivity index (χ1) is 12.9. The van der Waals surface area contributed by atoms with E-state index in [9.17, 15) is 0 Å². The van der Waals surface area contributed by atoms with Crippen LogP contribution in [-0.4, -0.2) is 86.9 Å². The maximum Gasteiger partial charge on any atom is 0.191 e. The van der Waals surface area contributed by atoms with Gasteiger partial charge in [0.1, 0.15) is 5.76 Å². The highest BCUT2D eigenvalue weighted by atomic mass is 16.5. The minimum atomic E-state index is 0.313. The maximum absolute atomic E-state index is 5.73. The molecule has 7 nitrogen and oxygen atoms in total. The van der Waals surface area contributed by atoms with Crippen molar-refractivity contribution in [2.24, 2.45) is 4.99 Å². The number of nitrogens with zero attached hydrogens (tertiary/aromatic N) is 3. The first-order valence-corrected chi connectivity index (χ1v) is 9.99. The highest BCUT2D eigenvalue weighted by Crippen LogP contribution is 2.15. The topological polar surface area (TPSA) is 65.3 Å². The highest BCUT2D eigenvalue weighted by Gasteiger charge is 2.31. The standard InChI is InChI=1S/C19H31N5O2/c1-3-17(25-11-1)5-6-20-19(22-14-18-4-2-12-26-18)21-13-16-15-23-7-9-24(16)10-8-23/h1,3,11,16,18H,2,4-10,12-15H2,(H2,20,21,22). The molecular weight excluding hydrogens is 330 g/mol. The van der Waals surface area contributed by atoms with Gasteiger partial charge in [0.05, 0.1) is 18.9 Å². The second kappa shape index (κ2) is 8.88. The zero-order chi connectivity index (χ0) is 17.6. The van der Waals surface area contributed by atoms with Gasteiger partial charge in [-0.25, -0.2) is 0 Å². The van der Waals surface area contributed by atoms with Crippen LogP contribution in [0.4, 0.5) is 0 Å². The summed E-state index contributed by atoms with van der Waals surface area (Å²) in [5.74, 6) is 1.89. The molecule has 2 unspecified atom stereocenters. The Balaban J connectivity index is 1.29. The van der Waals surface area contributed by atoms with E-state index in [-0.39, 0.29) is 0 Å². The molecule has 0 spiro atoms. The molecule has 2 N–H and O–H groups in total. The third kappa shape index (κ3) is 4.78. The van der Waals surface area contributed by atoms with Crippen LogP contribution in [0.1, 0.15) is 18.6 Å². The lowest BCUT2D eigenvalue weighted by atomic mass is 10.1. The van der Waals surface area contributed by atoms with Crippen LogP contribution in [0.25, 0.3) is 0 Å². The lowest BCUT2D eigenvalue weighted by molar-refractivity contribution is 0.0174. The van der Waals surface area contributed by atoms with Gasteiger partial charge in [-0.3, -0.25) is 14.8 Å². The molecule has 0 amide bonds. The smallest absolute Gasteiger partial charge is 0.191 e. The van der Waals surface area contributed by atoms with E-state index >= 15 is 0 Å². The van der Waals surface area contributed by atoms with E-state index in [1.165, 1.54) is 26.2 Å². The number of aliphatic imine (C=N–C) groups is 1. The third-order valence-corrected chi connectivity index (χ3v) is 5.62. The van der Waals surface area contributed by atoms with Gasteiger partial charge >= 0.3 is 0 Å². The van der Waals surface area contributed by atoms with Gasteiger partial charge in [0, 0.05) is 64.9 Å². The molecule has 4 aliphatic rings. The monoisotopic (exact) mass is 361 g/mol. The molecule has 2 bridgehead atoms. The molecule has 2 atom stereocenters. The summed E-state index contributed by atoms with van der Waals surface area (Å²) < 4.78 is 11.1. The first-order valence-electron chi connectivity index (χ1n) is 9.99. The summed E-state index contributed by atoms with van der Waals surface area (Å²) in [6, 6.07) is 4.49. The predicted octanol–water partition coefficient (Wildman–Crippen LogP) is 0.536. The van der Waals surface area contributed by atoms with Gasteiger partial charge in [-0.05, 0) is 25.0 Å². The van der Waals surface area contributed by atoms with Crippen molar-refractivity contribution in [3.05, 3.63) is 24.2 Å². The summed E-state index contributed by atoms with van der Waals surface area (Å²) in [5.41, 5.74) is 0. The Hall–Kier alpha value is -1.57. The molecule has 0 aliphatic carbocycles. The zero-order valence-corrected chi connectivity index (χ0v) is 15.5. The molecule has 144 valence electrons. The fourth-order valence-corrected chi connectivity index (χ4v) is 4.04. The lowest BCUT2D eigenvalue weighted by Gasteiger charge is -2.47. The van der Waals surface area contributed by atoms with E-state index in [0.29, 0.717) is 12.1 Å². The summed E-state index contributed by atoms with van der Waals surface area (Å²) >= 11 is 0. The Morgan fingerprint density at radius 3 is 2.85 bits per heavy atom. The van der Waals surface area contributed by atoms with Crippen LogP contribution in [0.3, 0.4) is 0 Å². The Bertz CT molecular complexity index is 562. The summed E-state index contributed by atoms with van der Waals surface area (Å²) in [6.07, 6.45) is 5.20. The molecule has 4 fully saturated rings. The number of ether oxygens (including phenoxy) is 1. The summed E-state index contributed by atoms with van der Waals surface area (Å²) in [6.45, 7) is 9.32. The number of guanidine groups is 1. The quantitative estimate of drug-likeness (QED) is 0.546. The fourth-order valence-electron chi connectivity index (χ4n) is 4.04. The van der Waals surface area contributed by atoms with Crippen LogP contribution >= 0.6 is 0 Å². The molecule has 5 rings (SSSR count). The minimum absolute atomic E-state index is 0.313. The van der Waals surface area contributed by atoms with Gasteiger partial charge in [0.2, 0.25) is 0 Å². The van der Waals surface area contributed by atoms with Crippen molar-refractivity contribution in [3.63, 3.8) is 0 Å². The van der Waals surface area contributed by atoms with Crippen molar-refractivity contribution in [1.82, 2.24) is 20.4 Å². The van der Waals surface area contributed by atoms with Crippen molar-refractivity contribution < 1.29 is 9.15 Å². The Kier molecular flexibility index (Phi) is 6.09. The predicted molar refractivity (Wildman–Crippen MR) is 101 cm³/mol. The van der Waals surface area contributed by atoms with Crippen molar-refractivity contribution in [2.75, 3.05) is 59.0 Å². The van der Waals surface area contributed by atoms with Crippen molar-refractivity contribution in [2.45, 2.75) is 31.4 Å². The molecule has 1 aromatic heterocycles. The van der Waals surface area contributed by atoms with Crippen molar-refractivity contribution in [3.8, 4) is 0 Å². The molecule has 7 heteroatoms. The van der Waals surface area contributed by atoms with Gasteiger partial charge in [-0.1, -0.05) is 0 Å². The lowest BCUT2D eigenvalue weighted by Crippen LogP contribution is -2.62. The van der Waals surface area contributed by atoms with Crippen LogP contribution in [0, 0.1) is 0 Å². The molecule has 1 aromatic rings. The largest absolute Gasteiger partial charge is 0.469 e. The number of rotatable bonds is 7. The molecule has 5 heterocycles. The molecule has 4 saturated heterocycles. The Morgan fingerprint density at radius 1 is 1.23 bits per heavy atom. The van der Waals surface area contributed by atoms with Crippen molar-refractivity contribution >= 4 is 5.96 Å². The number of hydrogen-bond acceptors (Lipinski definition) is 5. The normalized spacial score (nSPS) is 31.3. The number of hydrogen-bond donors (Lipinski definition) is 2. The highest BCUT2D eigenvalue weighted by molar-refractivity contribution is 5.79. The van der Waals surface area contributed by atoms with E-state index in [4.69, 9.17) is 14.1 Å². The molecular formula is C19H31N5O2. The number of furan rings is 1. The van der Waals surface area contributed by atoms with Crippen molar-refractivity contribution in [1.29, 1.82) is 0 Å². The van der Waals surface area contributed by atoms with Gasteiger partial charge in [-0.2, -0.15) is 0 Å². The zero-order valence-electron chi connectivity index (χ0n) is 15.5. The van der Waals surface area contributed by atoms with Gasteiger partial charge in [0.15, 0.2) is 5.96 Å². The first kappa shape index (κ1) is 17.8. The SMILES string of the molecule is c1coc(CCNC(=NCC2CN3CCN2CC3)NCC2CCCO2)c1. The molecule has 26 heavy (non-hydrogen) atoms. The number of fused-ring (bicyclic) bond motifs is 3. The number of piperazine rings is 3. The van der Waals surface area contributed by atoms with Crippen LogP contribution in [0.2, 0.25) is 0 Å². The average molecular weight is 361 g/mol. The summed E-state index contributed by atoms with van der Waals surface area (Å²) in [7, 11) is 0. The van der Waals surface area contributed by atoms with Crippen LogP contribution in [0.15, 0.2) is 27.8 Å². The fraction of sp³-hybridized carbons (Fsp3) is 0.737. The van der Waals surface area contributed by atoms with Gasteiger partial charge in [-0.15, -0.1) is 0 Å². The Labute approximate surface area is 155 Å². The molecule has 0 aromatic carbocycles. The molecule has 0 radical (unpaired) electrons. The summed E-state index contributed by atoms with van der Waals surface area (Å²) in [5, 5.41) is 6.93. The van der Waals surface area contributed by atoms with E-state index in [0.717, 1.165) is 63.8 Å². The summed E-state index contributed by atoms with van der Waals surface area (Å²) in [4.78, 5) is 10.0. The second-order valence-electron chi connectivity index (χ2n) is 7.45.